The van der Waals surface area contributed by atoms with Crippen molar-refractivity contribution >= 4 is 5.91 Å². The van der Waals surface area contributed by atoms with Crippen LogP contribution >= 0.6 is 0 Å². The molecule has 1 atom stereocenters. The number of piperidine rings is 1. The van der Waals surface area contributed by atoms with Crippen LogP contribution in [0.15, 0.2) is 59.5 Å². The van der Waals surface area contributed by atoms with Gasteiger partial charge in [-0.05, 0) is 49.9 Å². The largest absolute Gasteiger partial charge is 0.464 e. The van der Waals surface area contributed by atoms with Crippen molar-refractivity contribution in [1.29, 1.82) is 0 Å². The van der Waals surface area contributed by atoms with Crippen LogP contribution in [0.4, 0.5) is 0 Å². The van der Waals surface area contributed by atoms with Gasteiger partial charge in [0, 0.05) is 37.6 Å². The summed E-state index contributed by atoms with van der Waals surface area (Å²) in [5, 5.41) is 3.11. The predicted molar refractivity (Wildman–Crippen MR) is 112 cm³/mol. The van der Waals surface area contributed by atoms with Gasteiger partial charge in [-0.1, -0.05) is 24.3 Å². The van der Waals surface area contributed by atoms with Gasteiger partial charge in [0.05, 0.1) is 6.26 Å². The number of amides is 1. The van der Waals surface area contributed by atoms with Gasteiger partial charge in [0.1, 0.15) is 18.1 Å². The van der Waals surface area contributed by atoms with Gasteiger partial charge in [-0.15, -0.1) is 0 Å². The van der Waals surface area contributed by atoms with Gasteiger partial charge >= 0.3 is 0 Å². The van der Waals surface area contributed by atoms with E-state index in [0.29, 0.717) is 12.5 Å². The molecule has 1 aromatic carbocycles. The summed E-state index contributed by atoms with van der Waals surface area (Å²) in [6, 6.07) is 12.4. The first-order valence-corrected chi connectivity index (χ1v) is 10.3. The number of aromatic nitrogens is 2. The van der Waals surface area contributed by atoms with Gasteiger partial charge in [-0.25, -0.2) is 4.98 Å². The maximum Gasteiger partial charge on any atom is 0.239 e. The number of rotatable bonds is 7. The molecule has 6 heteroatoms. The van der Waals surface area contributed by atoms with Gasteiger partial charge in [-0.2, -0.15) is 0 Å². The van der Waals surface area contributed by atoms with E-state index >= 15 is 0 Å². The van der Waals surface area contributed by atoms with E-state index in [-0.39, 0.29) is 5.91 Å². The molecule has 3 heterocycles. The van der Waals surface area contributed by atoms with Crippen molar-refractivity contribution in [2.45, 2.75) is 32.9 Å². The van der Waals surface area contributed by atoms with Crippen LogP contribution in [0.5, 0.6) is 0 Å². The molecule has 1 fully saturated rings. The summed E-state index contributed by atoms with van der Waals surface area (Å²) >= 11 is 0. The Morgan fingerprint density at radius 1 is 1.28 bits per heavy atom. The van der Waals surface area contributed by atoms with Crippen molar-refractivity contribution in [3.8, 4) is 11.3 Å². The molecule has 152 valence electrons. The van der Waals surface area contributed by atoms with Gasteiger partial charge in [0.2, 0.25) is 5.91 Å². The molecular weight excluding hydrogens is 364 g/mol. The van der Waals surface area contributed by atoms with Gasteiger partial charge in [0.25, 0.3) is 0 Å². The maximum atomic E-state index is 12.3. The number of carbonyl (C=O) groups is 1. The number of likely N-dealkylation sites (tertiary alicyclic amines) is 1. The molecule has 0 aliphatic carbocycles. The van der Waals surface area contributed by atoms with E-state index < -0.39 is 0 Å². The van der Waals surface area contributed by atoms with Gasteiger partial charge in [-0.3, -0.25) is 9.69 Å². The minimum atomic E-state index is 0.0476. The SMILES string of the molecule is Cc1nccn1CC(=O)NCC1CCCN(Cc2ccccc2-c2ccco2)C1. The van der Waals surface area contributed by atoms with Crippen LogP contribution < -0.4 is 5.32 Å². The summed E-state index contributed by atoms with van der Waals surface area (Å²) in [6.07, 6.45) is 7.59. The molecule has 0 spiro atoms. The molecule has 1 N–H and O–H groups in total. The first-order valence-electron chi connectivity index (χ1n) is 10.3. The third-order valence-corrected chi connectivity index (χ3v) is 5.63. The van der Waals surface area contributed by atoms with Crippen LogP contribution in [0.25, 0.3) is 11.3 Å². The summed E-state index contributed by atoms with van der Waals surface area (Å²) < 4.78 is 7.48. The molecule has 2 aromatic heterocycles. The first-order chi connectivity index (χ1) is 14.2. The van der Waals surface area contributed by atoms with E-state index in [1.807, 2.05) is 29.8 Å². The zero-order valence-corrected chi connectivity index (χ0v) is 16.9. The lowest BCUT2D eigenvalue weighted by Crippen LogP contribution is -2.41. The molecular formula is C23H28N4O2. The fourth-order valence-electron chi connectivity index (χ4n) is 4.07. The van der Waals surface area contributed by atoms with E-state index in [9.17, 15) is 4.79 Å². The van der Waals surface area contributed by atoms with Crippen molar-refractivity contribution in [1.82, 2.24) is 19.8 Å². The van der Waals surface area contributed by atoms with Crippen LogP contribution in [0, 0.1) is 12.8 Å². The lowest BCUT2D eigenvalue weighted by atomic mass is 9.96. The second-order valence-electron chi connectivity index (χ2n) is 7.78. The lowest BCUT2D eigenvalue weighted by molar-refractivity contribution is -0.122. The van der Waals surface area contributed by atoms with Crippen LogP contribution in [-0.2, 0) is 17.9 Å². The minimum Gasteiger partial charge on any atom is -0.464 e. The molecule has 0 saturated carbocycles. The maximum absolute atomic E-state index is 12.3. The van der Waals surface area contributed by atoms with Crippen molar-refractivity contribution in [2.75, 3.05) is 19.6 Å². The van der Waals surface area contributed by atoms with Gasteiger partial charge in [0.15, 0.2) is 0 Å². The van der Waals surface area contributed by atoms with E-state index in [2.05, 4.69) is 39.5 Å². The number of imidazole rings is 1. The monoisotopic (exact) mass is 392 g/mol. The summed E-state index contributed by atoms with van der Waals surface area (Å²) in [4.78, 5) is 18.9. The zero-order valence-electron chi connectivity index (χ0n) is 16.9. The minimum absolute atomic E-state index is 0.0476. The number of nitrogens with zero attached hydrogens (tertiary/aromatic N) is 3. The topological polar surface area (TPSA) is 63.3 Å². The Labute approximate surface area is 171 Å². The molecule has 6 nitrogen and oxygen atoms in total. The first kappa shape index (κ1) is 19.5. The van der Waals surface area contributed by atoms with Crippen molar-refractivity contribution in [3.05, 3.63) is 66.4 Å². The molecule has 0 bridgehead atoms. The number of aryl methyl sites for hydroxylation is 1. The number of hydrogen-bond acceptors (Lipinski definition) is 4. The number of benzene rings is 1. The summed E-state index contributed by atoms with van der Waals surface area (Å²) in [6.45, 7) is 5.95. The Morgan fingerprint density at radius 3 is 2.97 bits per heavy atom. The predicted octanol–water partition coefficient (Wildman–Crippen LogP) is 3.48. The average molecular weight is 393 g/mol. The molecule has 1 aliphatic heterocycles. The molecule has 1 aliphatic rings. The Kier molecular flexibility index (Phi) is 6.10. The van der Waals surface area contributed by atoms with Crippen LogP contribution in [0.2, 0.25) is 0 Å². The van der Waals surface area contributed by atoms with Crippen LogP contribution in [0.3, 0.4) is 0 Å². The number of carbonyl (C=O) groups excluding carboxylic acids is 1. The highest BCUT2D eigenvalue weighted by atomic mass is 16.3. The Morgan fingerprint density at radius 2 is 2.17 bits per heavy atom. The van der Waals surface area contributed by atoms with Crippen LogP contribution in [-0.4, -0.2) is 40.0 Å². The van der Waals surface area contributed by atoms with Crippen molar-refractivity contribution in [3.63, 3.8) is 0 Å². The van der Waals surface area contributed by atoms with E-state index in [0.717, 1.165) is 56.2 Å². The molecule has 0 radical (unpaired) electrons. The molecule has 1 amide bonds. The Hall–Kier alpha value is -2.86. The second kappa shape index (κ2) is 9.09. The molecule has 4 rings (SSSR count). The fraction of sp³-hybridized carbons (Fsp3) is 0.391. The second-order valence-corrected chi connectivity index (χ2v) is 7.78. The smallest absolute Gasteiger partial charge is 0.239 e. The zero-order chi connectivity index (χ0) is 20.1. The summed E-state index contributed by atoms with van der Waals surface area (Å²) in [7, 11) is 0. The molecule has 1 saturated heterocycles. The van der Waals surface area contributed by atoms with Crippen molar-refractivity contribution in [2.24, 2.45) is 5.92 Å². The quantitative estimate of drug-likeness (QED) is 0.669. The van der Waals surface area contributed by atoms with E-state index in [1.54, 1.807) is 12.5 Å². The average Bonchev–Trinajstić information content (AvgIpc) is 3.40. The molecule has 3 aromatic rings. The van der Waals surface area contributed by atoms with E-state index in [4.69, 9.17) is 4.42 Å². The Bertz CT molecular complexity index is 932. The highest BCUT2D eigenvalue weighted by molar-refractivity contribution is 5.75. The number of nitrogens with one attached hydrogen (secondary N) is 1. The third-order valence-electron chi connectivity index (χ3n) is 5.63. The molecule has 29 heavy (non-hydrogen) atoms. The highest BCUT2D eigenvalue weighted by Crippen LogP contribution is 2.26. The Balaban J connectivity index is 1.31. The van der Waals surface area contributed by atoms with E-state index in [1.165, 1.54) is 5.56 Å². The summed E-state index contributed by atoms with van der Waals surface area (Å²) in [5.74, 6) is 2.30. The molecule has 1 unspecified atom stereocenters. The summed E-state index contributed by atoms with van der Waals surface area (Å²) in [5.41, 5.74) is 2.44. The van der Waals surface area contributed by atoms with Gasteiger partial charge < -0.3 is 14.3 Å². The highest BCUT2D eigenvalue weighted by Gasteiger charge is 2.21. The fourth-order valence-corrected chi connectivity index (χ4v) is 4.07. The number of furan rings is 1. The number of hydrogen-bond donors (Lipinski definition) is 1. The normalized spacial score (nSPS) is 17.3. The standard InChI is InChI=1S/C23H28N4O2/c1-18-24-10-12-27(18)17-23(28)25-14-19-6-4-11-26(15-19)16-20-7-2-3-8-21(20)22-9-5-13-29-22/h2-3,5,7-10,12-13,19H,4,6,11,14-17H2,1H3,(H,25,28). The lowest BCUT2D eigenvalue weighted by Gasteiger charge is -2.33. The van der Waals surface area contributed by atoms with Crippen LogP contribution in [0.1, 0.15) is 24.2 Å². The van der Waals surface area contributed by atoms with Crippen molar-refractivity contribution < 1.29 is 9.21 Å². The third kappa shape index (κ3) is 4.95.